The zero-order valence-corrected chi connectivity index (χ0v) is 12.0. The fourth-order valence-electron chi connectivity index (χ4n) is 2.70. The van der Waals surface area contributed by atoms with Gasteiger partial charge in [-0.25, -0.2) is 14.4 Å². The van der Waals surface area contributed by atoms with Gasteiger partial charge >= 0.3 is 0 Å². The number of hydrogen-bond donors (Lipinski definition) is 1. The van der Waals surface area contributed by atoms with Gasteiger partial charge in [0.25, 0.3) is 0 Å². The van der Waals surface area contributed by atoms with Crippen molar-refractivity contribution in [1.82, 2.24) is 9.97 Å². The van der Waals surface area contributed by atoms with E-state index in [-0.39, 0.29) is 11.9 Å². The molecule has 3 rings (SSSR count). The van der Waals surface area contributed by atoms with Crippen molar-refractivity contribution < 1.29 is 4.39 Å². The number of anilines is 2. The van der Waals surface area contributed by atoms with Crippen molar-refractivity contribution in [1.29, 1.82) is 5.26 Å². The summed E-state index contributed by atoms with van der Waals surface area (Å²) in [6.07, 6.45) is 5.34. The van der Waals surface area contributed by atoms with Gasteiger partial charge in [0, 0.05) is 31.5 Å². The number of rotatable bonds is 3. The topological polar surface area (TPSA) is 64.8 Å². The molecule has 6 heteroatoms. The van der Waals surface area contributed by atoms with Gasteiger partial charge < -0.3 is 10.2 Å². The summed E-state index contributed by atoms with van der Waals surface area (Å²) in [5.74, 6) is 0.241. The highest BCUT2D eigenvalue weighted by Crippen LogP contribution is 2.24. The van der Waals surface area contributed by atoms with Gasteiger partial charge in [-0.05, 0) is 37.1 Å². The van der Waals surface area contributed by atoms with Gasteiger partial charge in [0.05, 0.1) is 17.3 Å². The van der Waals surface area contributed by atoms with E-state index in [2.05, 4.69) is 15.3 Å². The summed E-state index contributed by atoms with van der Waals surface area (Å²) >= 11 is 0. The minimum atomic E-state index is -0.351. The Balaban J connectivity index is 1.72. The summed E-state index contributed by atoms with van der Waals surface area (Å²) in [5, 5.41) is 12.1. The van der Waals surface area contributed by atoms with E-state index in [0.717, 1.165) is 19.4 Å². The van der Waals surface area contributed by atoms with Crippen molar-refractivity contribution in [3.63, 3.8) is 0 Å². The molecule has 2 heterocycles. The molecular formula is C16H16FN5. The molecule has 0 amide bonds. The number of nitrogens with zero attached hydrogens (tertiary/aromatic N) is 4. The van der Waals surface area contributed by atoms with Gasteiger partial charge in [-0.2, -0.15) is 5.26 Å². The lowest BCUT2D eigenvalue weighted by atomic mass is 10.0. The lowest BCUT2D eigenvalue weighted by molar-refractivity contribution is 0.517. The third-order valence-electron chi connectivity index (χ3n) is 3.74. The highest BCUT2D eigenvalue weighted by molar-refractivity contribution is 5.52. The summed E-state index contributed by atoms with van der Waals surface area (Å²) < 4.78 is 14.1. The van der Waals surface area contributed by atoms with Crippen molar-refractivity contribution in [2.75, 3.05) is 23.3 Å². The molecule has 1 N–H and O–H groups in total. The van der Waals surface area contributed by atoms with Crippen LogP contribution in [0.4, 0.5) is 16.0 Å². The number of nitriles is 1. The molecule has 0 radical (unpaired) electrons. The molecule has 1 fully saturated rings. The van der Waals surface area contributed by atoms with Gasteiger partial charge in [-0.15, -0.1) is 0 Å². The van der Waals surface area contributed by atoms with Gasteiger partial charge in [0.15, 0.2) is 0 Å². The Hall–Kier alpha value is -2.68. The van der Waals surface area contributed by atoms with E-state index in [1.165, 1.54) is 6.07 Å². The SMILES string of the molecule is N#Cc1ccc(N2CCCC(Nc3ncccn3)C2)c(F)c1. The number of nitrogens with one attached hydrogen (secondary N) is 1. The molecule has 1 aromatic heterocycles. The zero-order valence-electron chi connectivity index (χ0n) is 12.0. The Bertz CT molecular complexity index is 683. The van der Waals surface area contributed by atoms with E-state index in [9.17, 15) is 4.39 Å². The summed E-state index contributed by atoms with van der Waals surface area (Å²) in [6, 6.07) is 8.50. The standard InChI is InChI=1S/C16H16FN5/c17-14-9-12(10-18)4-5-15(14)22-8-1-3-13(11-22)21-16-19-6-2-7-20-16/h2,4-7,9,13H,1,3,8,11H2,(H,19,20,21). The molecule has 1 aliphatic heterocycles. The van der Waals surface area contributed by atoms with Crippen molar-refractivity contribution in [3.8, 4) is 6.07 Å². The quantitative estimate of drug-likeness (QED) is 0.943. The predicted molar refractivity (Wildman–Crippen MR) is 82.0 cm³/mol. The molecule has 1 aromatic carbocycles. The molecule has 0 spiro atoms. The first-order valence-corrected chi connectivity index (χ1v) is 7.24. The molecule has 1 unspecified atom stereocenters. The van der Waals surface area contributed by atoms with Crippen LogP contribution in [0.3, 0.4) is 0 Å². The van der Waals surface area contributed by atoms with Crippen molar-refractivity contribution >= 4 is 11.6 Å². The molecule has 1 aliphatic rings. The second-order valence-electron chi connectivity index (χ2n) is 5.28. The predicted octanol–water partition coefficient (Wildman–Crippen LogP) is 2.57. The fraction of sp³-hybridized carbons (Fsp3) is 0.312. The monoisotopic (exact) mass is 297 g/mol. The fourth-order valence-corrected chi connectivity index (χ4v) is 2.70. The van der Waals surface area contributed by atoms with Crippen LogP contribution in [0.1, 0.15) is 18.4 Å². The number of aromatic nitrogens is 2. The van der Waals surface area contributed by atoms with E-state index in [1.807, 2.05) is 11.0 Å². The Morgan fingerprint density at radius 3 is 2.86 bits per heavy atom. The number of halogens is 1. The molecule has 2 aromatic rings. The maximum absolute atomic E-state index is 14.1. The maximum Gasteiger partial charge on any atom is 0.222 e. The van der Waals surface area contributed by atoms with Crippen LogP contribution in [-0.4, -0.2) is 29.1 Å². The second kappa shape index (κ2) is 6.39. The average molecular weight is 297 g/mol. The molecule has 22 heavy (non-hydrogen) atoms. The highest BCUT2D eigenvalue weighted by atomic mass is 19.1. The van der Waals surface area contributed by atoms with Crippen LogP contribution in [0, 0.1) is 17.1 Å². The van der Waals surface area contributed by atoms with Crippen molar-refractivity contribution in [2.45, 2.75) is 18.9 Å². The first kappa shape index (κ1) is 14.3. The summed E-state index contributed by atoms with van der Waals surface area (Å²) in [6.45, 7) is 1.48. The Labute approximate surface area is 128 Å². The smallest absolute Gasteiger partial charge is 0.222 e. The van der Waals surface area contributed by atoms with E-state index in [0.29, 0.717) is 23.7 Å². The lowest BCUT2D eigenvalue weighted by Crippen LogP contribution is -2.42. The largest absolute Gasteiger partial charge is 0.367 e. The van der Waals surface area contributed by atoms with E-state index in [4.69, 9.17) is 5.26 Å². The van der Waals surface area contributed by atoms with Gasteiger partial charge in [0.1, 0.15) is 5.82 Å². The van der Waals surface area contributed by atoms with Crippen molar-refractivity contribution in [2.24, 2.45) is 0 Å². The number of benzene rings is 1. The Morgan fingerprint density at radius 1 is 1.32 bits per heavy atom. The van der Waals surface area contributed by atoms with Gasteiger partial charge in [0.2, 0.25) is 5.95 Å². The number of hydrogen-bond acceptors (Lipinski definition) is 5. The maximum atomic E-state index is 14.1. The molecule has 0 saturated carbocycles. The van der Waals surface area contributed by atoms with Crippen LogP contribution in [0.2, 0.25) is 0 Å². The van der Waals surface area contributed by atoms with Gasteiger partial charge in [-0.3, -0.25) is 0 Å². The van der Waals surface area contributed by atoms with Crippen molar-refractivity contribution in [3.05, 3.63) is 48.0 Å². The minimum Gasteiger partial charge on any atom is -0.367 e. The van der Waals surface area contributed by atoms with Crippen LogP contribution in [0.25, 0.3) is 0 Å². The third kappa shape index (κ3) is 3.14. The number of piperidine rings is 1. The Morgan fingerprint density at radius 2 is 2.14 bits per heavy atom. The second-order valence-corrected chi connectivity index (χ2v) is 5.28. The molecule has 112 valence electrons. The summed E-state index contributed by atoms with van der Waals surface area (Å²) in [7, 11) is 0. The van der Waals surface area contributed by atoms with E-state index < -0.39 is 0 Å². The molecule has 0 bridgehead atoms. The third-order valence-corrected chi connectivity index (χ3v) is 3.74. The zero-order chi connectivity index (χ0) is 15.4. The van der Waals surface area contributed by atoms with E-state index >= 15 is 0 Å². The first-order valence-electron chi connectivity index (χ1n) is 7.24. The van der Waals surface area contributed by atoms with E-state index in [1.54, 1.807) is 30.6 Å². The van der Waals surface area contributed by atoms with Crippen LogP contribution >= 0.6 is 0 Å². The van der Waals surface area contributed by atoms with Crippen LogP contribution < -0.4 is 10.2 Å². The van der Waals surface area contributed by atoms with Gasteiger partial charge in [-0.1, -0.05) is 0 Å². The summed E-state index contributed by atoms with van der Waals surface area (Å²) in [4.78, 5) is 10.3. The Kier molecular flexibility index (Phi) is 4.15. The lowest BCUT2D eigenvalue weighted by Gasteiger charge is -2.34. The molecular weight excluding hydrogens is 281 g/mol. The molecule has 1 saturated heterocycles. The molecule has 5 nitrogen and oxygen atoms in total. The van der Waals surface area contributed by atoms with Crippen LogP contribution in [-0.2, 0) is 0 Å². The summed E-state index contributed by atoms with van der Waals surface area (Å²) in [5.41, 5.74) is 0.880. The first-order chi connectivity index (χ1) is 10.8. The average Bonchev–Trinajstić information content (AvgIpc) is 2.56. The molecule has 0 aliphatic carbocycles. The minimum absolute atomic E-state index is 0.172. The normalized spacial score (nSPS) is 17.8. The van der Waals surface area contributed by atoms with Crippen LogP contribution in [0.15, 0.2) is 36.7 Å². The highest BCUT2D eigenvalue weighted by Gasteiger charge is 2.22. The van der Waals surface area contributed by atoms with Crippen LogP contribution in [0.5, 0.6) is 0 Å². The molecule has 1 atom stereocenters.